The lowest BCUT2D eigenvalue weighted by Gasteiger charge is -2.33. The van der Waals surface area contributed by atoms with E-state index < -0.39 is 6.10 Å². The molecule has 8 heteroatoms. The van der Waals surface area contributed by atoms with Crippen molar-refractivity contribution in [3.63, 3.8) is 0 Å². The molecule has 1 aliphatic heterocycles. The van der Waals surface area contributed by atoms with Crippen molar-refractivity contribution in [2.75, 3.05) is 18.1 Å². The molecule has 2 aromatic heterocycles. The molecular weight excluding hydrogens is 400 g/mol. The van der Waals surface area contributed by atoms with Gasteiger partial charge < -0.3 is 20.1 Å². The number of amides is 1. The van der Waals surface area contributed by atoms with Gasteiger partial charge in [0, 0.05) is 17.0 Å². The van der Waals surface area contributed by atoms with Gasteiger partial charge in [-0.3, -0.25) is 9.59 Å². The highest BCUT2D eigenvalue weighted by atomic mass is 35.5. The number of aromatic amines is 1. The van der Waals surface area contributed by atoms with Crippen molar-refractivity contribution in [1.29, 1.82) is 0 Å². The van der Waals surface area contributed by atoms with Gasteiger partial charge in [-0.05, 0) is 30.2 Å². The zero-order chi connectivity index (χ0) is 20.3. The predicted octanol–water partition coefficient (Wildman–Crippen LogP) is 3.26. The highest BCUT2D eigenvalue weighted by molar-refractivity contribution is 7.22. The number of rotatable bonds is 4. The van der Waals surface area contributed by atoms with E-state index in [0.717, 1.165) is 38.5 Å². The monoisotopic (exact) mass is 420 g/mol. The second-order valence-corrected chi connectivity index (χ2v) is 8.38. The highest BCUT2D eigenvalue weighted by Gasteiger charge is 2.30. The minimum atomic E-state index is -0.891. The van der Waals surface area contributed by atoms with Crippen LogP contribution < -0.4 is 4.90 Å². The van der Waals surface area contributed by atoms with Gasteiger partial charge in [0.2, 0.25) is 5.91 Å². The quantitative estimate of drug-likeness (QED) is 0.565. The van der Waals surface area contributed by atoms with Crippen LogP contribution in [0.2, 0.25) is 4.34 Å². The highest BCUT2D eigenvalue weighted by Crippen LogP contribution is 2.30. The molecule has 3 N–H and O–H groups in total. The second kappa shape index (κ2) is 8.87. The fourth-order valence-corrected chi connectivity index (χ4v) is 4.32. The molecule has 2 atom stereocenters. The molecule has 148 valence electrons. The number of aliphatic hydroxyl groups is 2. The molecule has 0 bridgehead atoms. The number of benzene rings is 1. The summed E-state index contributed by atoms with van der Waals surface area (Å²) in [5, 5.41) is 19.4. The van der Waals surface area contributed by atoms with E-state index in [1.165, 1.54) is 11.3 Å². The fraction of sp³-hybridized carbons (Fsp3) is 0.300. The van der Waals surface area contributed by atoms with Gasteiger partial charge in [-0.1, -0.05) is 36.7 Å². The molecule has 0 saturated heterocycles. The third-order valence-corrected chi connectivity index (χ3v) is 5.72. The molecule has 3 heterocycles. The summed E-state index contributed by atoms with van der Waals surface area (Å²) in [7, 11) is 0. The zero-order valence-corrected chi connectivity index (χ0v) is 16.8. The number of carbonyl (C=O) groups excluding carboxylic acids is 2. The van der Waals surface area contributed by atoms with E-state index in [2.05, 4.69) is 4.98 Å². The molecule has 0 aliphatic carbocycles. The van der Waals surface area contributed by atoms with Crippen LogP contribution in [-0.2, 0) is 11.2 Å². The number of para-hydroxylation sites is 1. The zero-order valence-electron chi connectivity index (χ0n) is 15.3. The summed E-state index contributed by atoms with van der Waals surface area (Å²) >= 11 is 7.17. The largest absolute Gasteiger partial charge is 0.394 e. The van der Waals surface area contributed by atoms with Crippen molar-refractivity contribution in [3.8, 4) is 0 Å². The summed E-state index contributed by atoms with van der Waals surface area (Å²) in [5.41, 5.74) is 2.57. The van der Waals surface area contributed by atoms with Gasteiger partial charge in [0.25, 0.3) is 0 Å². The lowest BCUT2D eigenvalue weighted by molar-refractivity contribution is -0.122. The first-order valence-corrected chi connectivity index (χ1v) is 10.0. The topological polar surface area (TPSA) is 93.6 Å². The lowest BCUT2D eigenvalue weighted by atomic mass is 9.93. The number of nitrogens with one attached hydrogen (secondary N) is 1. The Hall–Kier alpha value is -2.19. The lowest BCUT2D eigenvalue weighted by Crippen LogP contribution is -2.45. The first-order chi connectivity index (χ1) is 13.4. The molecule has 3 aromatic rings. The Labute approximate surface area is 171 Å². The van der Waals surface area contributed by atoms with Crippen molar-refractivity contribution < 1.29 is 19.8 Å². The Bertz CT molecular complexity index is 952. The number of hydrogen-bond donors (Lipinski definition) is 3. The normalized spacial score (nSPS) is 17.1. The van der Waals surface area contributed by atoms with Gasteiger partial charge in [-0.2, -0.15) is 0 Å². The first-order valence-electron chi connectivity index (χ1n) is 8.84. The van der Waals surface area contributed by atoms with Crippen LogP contribution >= 0.6 is 22.9 Å². The number of carbonyl (C=O) groups is 2. The molecule has 1 amide bonds. The van der Waals surface area contributed by atoms with E-state index in [-0.39, 0.29) is 25.0 Å². The Kier molecular flexibility index (Phi) is 6.51. The van der Waals surface area contributed by atoms with Crippen LogP contribution in [0, 0.1) is 5.92 Å². The van der Waals surface area contributed by atoms with Crippen molar-refractivity contribution in [3.05, 3.63) is 52.0 Å². The van der Waals surface area contributed by atoms with E-state index in [1.54, 1.807) is 11.0 Å². The molecule has 0 radical (unpaired) electrons. The van der Waals surface area contributed by atoms with Crippen LogP contribution in [-0.4, -0.2) is 46.6 Å². The summed E-state index contributed by atoms with van der Waals surface area (Å²) in [4.78, 5) is 27.8. The van der Waals surface area contributed by atoms with Gasteiger partial charge in [-0.15, -0.1) is 11.3 Å². The number of aromatic nitrogens is 1. The van der Waals surface area contributed by atoms with Gasteiger partial charge >= 0.3 is 0 Å². The van der Waals surface area contributed by atoms with Crippen molar-refractivity contribution in [2.45, 2.75) is 19.4 Å². The Morgan fingerprint density at radius 3 is 2.82 bits per heavy atom. The van der Waals surface area contributed by atoms with E-state index in [9.17, 15) is 14.7 Å². The molecule has 0 fully saturated rings. The van der Waals surface area contributed by atoms with Crippen molar-refractivity contribution in [2.24, 2.45) is 5.92 Å². The van der Waals surface area contributed by atoms with Crippen LogP contribution in [0.4, 0.5) is 5.69 Å². The molecule has 0 saturated carbocycles. The maximum absolute atomic E-state index is 12.1. The molecule has 6 nitrogen and oxygen atoms in total. The average molecular weight is 421 g/mol. The smallest absolute Gasteiger partial charge is 0.230 e. The number of β-amino-alcohol motifs (C(OH)–C–C–N with tert-alkyl or cyclic N) is 1. The summed E-state index contributed by atoms with van der Waals surface area (Å²) in [6, 6.07) is 11.3. The SMILES string of the molecule is CC1Cc2ccccc2N(CC(O)CO)C1=O.O=Cc1cc2cc(Cl)sc2[nH]1. The maximum Gasteiger partial charge on any atom is 0.230 e. The molecule has 2 unspecified atom stereocenters. The molecular formula is C20H21ClN2O4S. The van der Waals surface area contributed by atoms with E-state index in [0.29, 0.717) is 5.69 Å². The number of fused-ring (bicyclic) bond motifs is 2. The van der Waals surface area contributed by atoms with Crippen molar-refractivity contribution >= 4 is 51.0 Å². The summed E-state index contributed by atoms with van der Waals surface area (Å²) < 4.78 is 0.740. The predicted molar refractivity (Wildman–Crippen MR) is 111 cm³/mol. The molecule has 1 aromatic carbocycles. The van der Waals surface area contributed by atoms with Gasteiger partial charge in [0.1, 0.15) is 4.83 Å². The minimum absolute atomic E-state index is 0.0104. The Balaban J connectivity index is 0.000000176. The second-order valence-electron chi connectivity index (χ2n) is 6.70. The molecule has 28 heavy (non-hydrogen) atoms. The first kappa shape index (κ1) is 20.5. The van der Waals surface area contributed by atoms with Gasteiger partial charge in [0.15, 0.2) is 6.29 Å². The fourth-order valence-electron chi connectivity index (χ4n) is 3.18. The number of H-pyrrole nitrogens is 1. The number of aliphatic hydroxyl groups excluding tert-OH is 2. The van der Waals surface area contributed by atoms with Gasteiger partial charge in [0.05, 0.1) is 29.3 Å². The van der Waals surface area contributed by atoms with Gasteiger partial charge in [-0.25, -0.2) is 0 Å². The van der Waals surface area contributed by atoms with Crippen LogP contribution in [0.1, 0.15) is 23.0 Å². The van der Waals surface area contributed by atoms with Crippen LogP contribution in [0.5, 0.6) is 0 Å². The van der Waals surface area contributed by atoms with Crippen LogP contribution in [0.3, 0.4) is 0 Å². The Morgan fingerprint density at radius 2 is 2.14 bits per heavy atom. The van der Waals surface area contributed by atoms with Crippen LogP contribution in [0.25, 0.3) is 10.2 Å². The summed E-state index contributed by atoms with van der Waals surface area (Å²) in [6.45, 7) is 1.70. The summed E-state index contributed by atoms with van der Waals surface area (Å²) in [6.07, 6.45) is 0.638. The number of halogens is 1. The third kappa shape index (κ3) is 4.44. The van der Waals surface area contributed by atoms with Crippen LogP contribution in [0.15, 0.2) is 36.4 Å². The Morgan fingerprint density at radius 1 is 1.39 bits per heavy atom. The molecule has 0 spiro atoms. The number of anilines is 1. The minimum Gasteiger partial charge on any atom is -0.394 e. The van der Waals surface area contributed by atoms with E-state index in [4.69, 9.17) is 16.7 Å². The maximum atomic E-state index is 12.1. The number of hydrogen-bond acceptors (Lipinski definition) is 5. The van der Waals surface area contributed by atoms with Crippen molar-refractivity contribution in [1.82, 2.24) is 4.98 Å². The number of aldehydes is 1. The summed E-state index contributed by atoms with van der Waals surface area (Å²) in [5.74, 6) is -0.0630. The van der Waals surface area contributed by atoms with E-state index >= 15 is 0 Å². The standard InChI is InChI=1S/C13H17NO3.C7H4ClNOS/c1-9-6-10-4-2-3-5-12(10)14(13(9)17)7-11(16)8-15;8-6-2-4-1-5(3-10)9-7(4)11-6/h2-5,9,11,15-16H,6-8H2,1H3;1-3,9H. The third-order valence-electron chi connectivity index (χ3n) is 4.53. The number of thiophene rings is 1. The molecule has 4 rings (SSSR count). The average Bonchev–Trinajstić information content (AvgIpc) is 3.22. The van der Waals surface area contributed by atoms with E-state index in [1.807, 2.05) is 37.3 Å². The molecule has 1 aliphatic rings. The number of nitrogens with zero attached hydrogens (tertiary/aromatic N) is 1.